The molecule has 0 aromatic heterocycles. The Balaban J connectivity index is 2.09. The molecule has 0 heterocycles. The summed E-state index contributed by atoms with van der Waals surface area (Å²) in [5.74, 6) is 0.775. The molecule has 1 aliphatic carbocycles. The molecule has 0 unspecified atom stereocenters. The van der Waals surface area contributed by atoms with Crippen LogP contribution in [-0.4, -0.2) is 25.2 Å². The lowest BCUT2D eigenvalue weighted by molar-refractivity contribution is -0.143. The number of anilines is 1. The standard InChI is InChI=1S/C18H27NO3/c1-3-14-22-18(12-6-4-5-7-13-18)17(20)19-15-8-10-16(21-2)11-9-15/h8-11H,3-7,12-14H2,1-2H3,(H,19,20). The number of rotatable bonds is 6. The first-order valence-corrected chi connectivity index (χ1v) is 8.29. The Morgan fingerprint density at radius 3 is 2.32 bits per heavy atom. The Bertz CT molecular complexity index is 462. The molecule has 0 atom stereocenters. The molecule has 4 heteroatoms. The summed E-state index contributed by atoms with van der Waals surface area (Å²) in [6.45, 7) is 2.71. The fraction of sp³-hybridized carbons (Fsp3) is 0.611. The number of amides is 1. The number of carbonyl (C=O) groups excluding carboxylic acids is 1. The third kappa shape index (κ3) is 4.23. The first-order chi connectivity index (χ1) is 10.7. The zero-order valence-electron chi connectivity index (χ0n) is 13.7. The zero-order chi connectivity index (χ0) is 15.8. The smallest absolute Gasteiger partial charge is 0.256 e. The number of methoxy groups -OCH3 is 1. The van der Waals surface area contributed by atoms with E-state index in [0.29, 0.717) is 6.61 Å². The van der Waals surface area contributed by atoms with Crippen LogP contribution in [0.15, 0.2) is 24.3 Å². The van der Waals surface area contributed by atoms with Crippen molar-refractivity contribution >= 4 is 11.6 Å². The van der Waals surface area contributed by atoms with Crippen LogP contribution in [-0.2, 0) is 9.53 Å². The van der Waals surface area contributed by atoms with Crippen LogP contribution in [0.1, 0.15) is 51.9 Å². The van der Waals surface area contributed by atoms with Crippen molar-refractivity contribution in [2.24, 2.45) is 0 Å². The van der Waals surface area contributed by atoms with E-state index in [-0.39, 0.29) is 5.91 Å². The summed E-state index contributed by atoms with van der Waals surface area (Å²) in [6.07, 6.45) is 7.04. The summed E-state index contributed by atoms with van der Waals surface area (Å²) in [6, 6.07) is 7.42. The quantitative estimate of drug-likeness (QED) is 0.803. The molecule has 0 radical (unpaired) electrons. The van der Waals surface area contributed by atoms with Crippen LogP contribution in [0.25, 0.3) is 0 Å². The maximum absolute atomic E-state index is 12.8. The first-order valence-electron chi connectivity index (χ1n) is 8.29. The molecule has 0 saturated heterocycles. The van der Waals surface area contributed by atoms with Crippen molar-refractivity contribution in [2.75, 3.05) is 19.0 Å². The van der Waals surface area contributed by atoms with Crippen molar-refractivity contribution in [1.29, 1.82) is 0 Å². The zero-order valence-corrected chi connectivity index (χ0v) is 13.7. The molecule has 1 amide bonds. The van der Waals surface area contributed by atoms with E-state index in [1.54, 1.807) is 7.11 Å². The molecule has 0 spiro atoms. The van der Waals surface area contributed by atoms with Crippen molar-refractivity contribution in [2.45, 2.75) is 57.5 Å². The monoisotopic (exact) mass is 305 g/mol. The molecule has 1 aliphatic rings. The number of hydrogen-bond acceptors (Lipinski definition) is 3. The van der Waals surface area contributed by atoms with Crippen molar-refractivity contribution in [3.05, 3.63) is 24.3 Å². The summed E-state index contributed by atoms with van der Waals surface area (Å²) < 4.78 is 11.2. The van der Waals surface area contributed by atoms with E-state index in [2.05, 4.69) is 12.2 Å². The summed E-state index contributed by atoms with van der Waals surface area (Å²) in [7, 11) is 1.63. The number of ether oxygens (including phenoxy) is 2. The van der Waals surface area contributed by atoms with E-state index in [1.807, 2.05) is 24.3 Å². The van der Waals surface area contributed by atoms with E-state index in [9.17, 15) is 4.79 Å². The van der Waals surface area contributed by atoms with Gasteiger partial charge in [0, 0.05) is 12.3 Å². The summed E-state index contributed by atoms with van der Waals surface area (Å²) in [4.78, 5) is 12.8. The molecule has 122 valence electrons. The first kappa shape index (κ1) is 16.8. The van der Waals surface area contributed by atoms with E-state index in [1.165, 1.54) is 12.8 Å². The minimum absolute atomic E-state index is 0.00647. The number of carbonyl (C=O) groups is 1. The lowest BCUT2D eigenvalue weighted by Gasteiger charge is -2.31. The van der Waals surface area contributed by atoms with Gasteiger partial charge in [-0.15, -0.1) is 0 Å². The Morgan fingerprint density at radius 2 is 1.77 bits per heavy atom. The van der Waals surface area contributed by atoms with Crippen LogP contribution in [0.4, 0.5) is 5.69 Å². The summed E-state index contributed by atoms with van der Waals surface area (Å²) in [5, 5.41) is 3.02. The Hall–Kier alpha value is -1.55. The minimum Gasteiger partial charge on any atom is -0.497 e. The van der Waals surface area contributed by atoms with Crippen LogP contribution in [0, 0.1) is 0 Å². The second-order valence-corrected chi connectivity index (χ2v) is 5.94. The van der Waals surface area contributed by atoms with E-state index < -0.39 is 5.60 Å². The van der Waals surface area contributed by atoms with Gasteiger partial charge in [-0.25, -0.2) is 0 Å². The Kier molecular flexibility index (Phi) is 6.25. The molecular formula is C18H27NO3. The maximum atomic E-state index is 12.8. The molecule has 1 aromatic carbocycles. The van der Waals surface area contributed by atoms with Crippen LogP contribution < -0.4 is 10.1 Å². The molecule has 0 aliphatic heterocycles. The highest BCUT2D eigenvalue weighted by atomic mass is 16.5. The molecule has 22 heavy (non-hydrogen) atoms. The van der Waals surface area contributed by atoms with Gasteiger partial charge < -0.3 is 14.8 Å². The van der Waals surface area contributed by atoms with Crippen molar-refractivity contribution in [3.63, 3.8) is 0 Å². The summed E-state index contributed by atoms with van der Waals surface area (Å²) in [5.41, 5.74) is 0.126. The number of hydrogen-bond donors (Lipinski definition) is 1. The normalized spacial score (nSPS) is 17.5. The fourth-order valence-corrected chi connectivity index (χ4v) is 2.95. The lowest BCUT2D eigenvalue weighted by atomic mass is 9.92. The van der Waals surface area contributed by atoms with Crippen LogP contribution in [0.5, 0.6) is 5.75 Å². The predicted octanol–water partition coefficient (Wildman–Crippen LogP) is 4.15. The average Bonchev–Trinajstić information content (AvgIpc) is 2.80. The minimum atomic E-state index is -0.660. The molecule has 2 rings (SSSR count). The van der Waals surface area contributed by atoms with Crippen LogP contribution >= 0.6 is 0 Å². The fourth-order valence-electron chi connectivity index (χ4n) is 2.95. The second-order valence-electron chi connectivity index (χ2n) is 5.94. The highest BCUT2D eigenvalue weighted by molar-refractivity contribution is 5.97. The summed E-state index contributed by atoms with van der Waals surface area (Å²) >= 11 is 0. The van der Waals surface area contributed by atoms with Gasteiger partial charge in [0.2, 0.25) is 0 Å². The van der Waals surface area contributed by atoms with Crippen LogP contribution in [0.3, 0.4) is 0 Å². The van der Waals surface area contributed by atoms with Crippen molar-refractivity contribution < 1.29 is 14.3 Å². The average molecular weight is 305 g/mol. The second kappa shape index (κ2) is 8.18. The molecule has 0 bridgehead atoms. The van der Waals surface area contributed by atoms with E-state index in [0.717, 1.165) is 43.5 Å². The van der Waals surface area contributed by atoms with Gasteiger partial charge in [-0.1, -0.05) is 32.6 Å². The molecule has 1 aromatic rings. The van der Waals surface area contributed by atoms with Gasteiger partial charge in [-0.3, -0.25) is 4.79 Å². The van der Waals surface area contributed by atoms with Gasteiger partial charge in [0.1, 0.15) is 11.4 Å². The van der Waals surface area contributed by atoms with E-state index in [4.69, 9.17) is 9.47 Å². The number of nitrogens with one attached hydrogen (secondary N) is 1. The Morgan fingerprint density at radius 1 is 1.14 bits per heavy atom. The van der Waals surface area contributed by atoms with Gasteiger partial charge in [0.25, 0.3) is 5.91 Å². The highest BCUT2D eigenvalue weighted by Gasteiger charge is 2.39. The molecule has 1 saturated carbocycles. The molecule has 1 N–H and O–H groups in total. The van der Waals surface area contributed by atoms with Gasteiger partial charge in [0.15, 0.2) is 0 Å². The maximum Gasteiger partial charge on any atom is 0.256 e. The predicted molar refractivity (Wildman–Crippen MR) is 88.3 cm³/mol. The Labute approximate surface area is 133 Å². The number of benzene rings is 1. The topological polar surface area (TPSA) is 47.6 Å². The largest absolute Gasteiger partial charge is 0.497 e. The molecule has 1 fully saturated rings. The highest BCUT2D eigenvalue weighted by Crippen LogP contribution is 2.32. The SMILES string of the molecule is CCCOC1(C(=O)Nc2ccc(OC)cc2)CCCCCC1. The lowest BCUT2D eigenvalue weighted by Crippen LogP contribution is -2.45. The van der Waals surface area contributed by atoms with Gasteiger partial charge in [-0.05, 0) is 43.5 Å². The third-order valence-corrected chi connectivity index (χ3v) is 4.26. The van der Waals surface area contributed by atoms with Gasteiger partial charge in [0.05, 0.1) is 7.11 Å². The van der Waals surface area contributed by atoms with Crippen LogP contribution in [0.2, 0.25) is 0 Å². The molecule has 4 nitrogen and oxygen atoms in total. The third-order valence-electron chi connectivity index (χ3n) is 4.26. The van der Waals surface area contributed by atoms with Gasteiger partial charge >= 0.3 is 0 Å². The van der Waals surface area contributed by atoms with Crippen molar-refractivity contribution in [1.82, 2.24) is 0 Å². The molecular weight excluding hydrogens is 278 g/mol. The van der Waals surface area contributed by atoms with E-state index >= 15 is 0 Å². The van der Waals surface area contributed by atoms with Gasteiger partial charge in [-0.2, -0.15) is 0 Å². The van der Waals surface area contributed by atoms with Crippen molar-refractivity contribution in [3.8, 4) is 5.75 Å².